The van der Waals surface area contributed by atoms with Gasteiger partial charge in [-0.1, -0.05) is 12.1 Å². The number of hydrogen-bond donors (Lipinski definition) is 1. The molecule has 4 nitrogen and oxygen atoms in total. The Morgan fingerprint density at radius 2 is 1.82 bits per heavy atom. The number of nitrogen functional groups attached to an aromatic ring is 1. The topological polar surface area (TPSA) is 55.0 Å². The van der Waals surface area contributed by atoms with Gasteiger partial charge in [0.1, 0.15) is 11.6 Å². The molecule has 1 heterocycles. The first-order valence-corrected chi connectivity index (χ1v) is 5.20. The fourth-order valence-corrected chi connectivity index (χ4v) is 1.48. The van der Waals surface area contributed by atoms with Crippen LogP contribution in [0.2, 0.25) is 0 Å². The average molecular weight is 232 g/mol. The minimum Gasteiger partial charge on any atom is -0.382 e. The second-order valence-electron chi connectivity index (χ2n) is 3.80. The van der Waals surface area contributed by atoms with Crippen molar-refractivity contribution in [1.82, 2.24) is 10.2 Å². The van der Waals surface area contributed by atoms with Crippen LogP contribution in [0.3, 0.4) is 0 Å². The van der Waals surface area contributed by atoms with Crippen molar-refractivity contribution < 1.29 is 4.39 Å². The van der Waals surface area contributed by atoms with Gasteiger partial charge in [0.15, 0.2) is 5.82 Å². The van der Waals surface area contributed by atoms with Crippen LogP contribution in [0, 0.1) is 5.82 Å². The van der Waals surface area contributed by atoms with Crippen molar-refractivity contribution in [2.75, 3.05) is 17.7 Å². The number of nitrogens with zero attached hydrogens (tertiary/aromatic N) is 3. The van der Waals surface area contributed by atoms with Gasteiger partial charge in [-0.3, -0.25) is 0 Å². The van der Waals surface area contributed by atoms with Crippen LogP contribution < -0.4 is 10.6 Å². The average Bonchev–Trinajstić information content (AvgIpc) is 2.33. The van der Waals surface area contributed by atoms with Gasteiger partial charge in [0.05, 0.1) is 0 Å². The van der Waals surface area contributed by atoms with Crippen molar-refractivity contribution >= 4 is 11.6 Å². The molecule has 0 fully saturated rings. The molecule has 0 aliphatic rings. The first-order valence-electron chi connectivity index (χ1n) is 5.20. The van der Waals surface area contributed by atoms with Gasteiger partial charge in [-0.2, -0.15) is 0 Å². The molecular formula is C12H13FN4. The molecule has 0 unspecified atom stereocenters. The maximum Gasteiger partial charge on any atom is 0.151 e. The second-order valence-corrected chi connectivity index (χ2v) is 3.80. The van der Waals surface area contributed by atoms with Crippen molar-refractivity contribution in [2.24, 2.45) is 0 Å². The van der Waals surface area contributed by atoms with Crippen molar-refractivity contribution in [3.05, 3.63) is 47.8 Å². The Balaban J connectivity index is 2.08. The summed E-state index contributed by atoms with van der Waals surface area (Å²) in [5.74, 6) is 0.885. The summed E-state index contributed by atoms with van der Waals surface area (Å²) in [7, 11) is 1.89. The highest BCUT2D eigenvalue weighted by Gasteiger charge is 2.04. The molecular weight excluding hydrogens is 219 g/mol. The molecule has 0 saturated heterocycles. The van der Waals surface area contributed by atoms with E-state index in [-0.39, 0.29) is 5.82 Å². The van der Waals surface area contributed by atoms with E-state index in [0.29, 0.717) is 12.4 Å². The fraction of sp³-hybridized carbons (Fsp3) is 0.167. The second kappa shape index (κ2) is 4.78. The lowest BCUT2D eigenvalue weighted by atomic mass is 10.2. The van der Waals surface area contributed by atoms with E-state index in [1.165, 1.54) is 12.1 Å². The van der Waals surface area contributed by atoms with Gasteiger partial charge in [-0.05, 0) is 29.8 Å². The SMILES string of the molecule is CN(Cc1ccc(F)cc1)c1ccc(N)nn1. The van der Waals surface area contributed by atoms with Gasteiger partial charge in [-0.25, -0.2) is 4.39 Å². The molecule has 0 radical (unpaired) electrons. The number of rotatable bonds is 3. The third-order valence-corrected chi connectivity index (χ3v) is 2.40. The monoisotopic (exact) mass is 232 g/mol. The zero-order valence-electron chi connectivity index (χ0n) is 9.47. The lowest BCUT2D eigenvalue weighted by Crippen LogP contribution is -2.18. The number of nitrogens with two attached hydrogens (primary N) is 1. The lowest BCUT2D eigenvalue weighted by Gasteiger charge is -2.17. The quantitative estimate of drug-likeness (QED) is 0.877. The van der Waals surface area contributed by atoms with Crippen LogP contribution >= 0.6 is 0 Å². The molecule has 0 amide bonds. The summed E-state index contributed by atoms with van der Waals surface area (Å²) >= 11 is 0. The minimum absolute atomic E-state index is 0.233. The Kier molecular flexibility index (Phi) is 3.18. The van der Waals surface area contributed by atoms with Crippen LogP contribution in [0.15, 0.2) is 36.4 Å². The molecule has 2 aromatic rings. The van der Waals surface area contributed by atoms with E-state index in [1.54, 1.807) is 24.3 Å². The molecule has 17 heavy (non-hydrogen) atoms. The molecule has 0 atom stereocenters. The molecule has 1 aromatic carbocycles. The zero-order chi connectivity index (χ0) is 12.3. The molecule has 0 spiro atoms. The Morgan fingerprint density at radius 1 is 1.12 bits per heavy atom. The Labute approximate surface area is 98.9 Å². The van der Waals surface area contributed by atoms with E-state index in [9.17, 15) is 4.39 Å². The lowest BCUT2D eigenvalue weighted by molar-refractivity contribution is 0.627. The fourth-order valence-electron chi connectivity index (χ4n) is 1.48. The van der Waals surface area contributed by atoms with Crippen molar-refractivity contribution in [1.29, 1.82) is 0 Å². The summed E-state index contributed by atoms with van der Waals surface area (Å²) in [6, 6.07) is 9.87. The van der Waals surface area contributed by atoms with Crippen molar-refractivity contribution in [3.8, 4) is 0 Å². The molecule has 0 saturated carbocycles. The zero-order valence-corrected chi connectivity index (χ0v) is 9.47. The Hall–Kier alpha value is -2.17. The normalized spacial score (nSPS) is 10.2. The van der Waals surface area contributed by atoms with Gasteiger partial charge < -0.3 is 10.6 Å². The standard InChI is InChI=1S/C12H13FN4/c1-17(12-7-6-11(14)15-16-12)8-9-2-4-10(13)5-3-9/h2-7H,8H2,1H3,(H2,14,15). The first-order chi connectivity index (χ1) is 8.15. The van der Waals surface area contributed by atoms with E-state index in [2.05, 4.69) is 10.2 Å². The molecule has 1 aromatic heterocycles. The highest BCUT2D eigenvalue weighted by Crippen LogP contribution is 2.12. The summed E-state index contributed by atoms with van der Waals surface area (Å²) in [6.07, 6.45) is 0. The number of anilines is 2. The summed E-state index contributed by atoms with van der Waals surface area (Å²) < 4.78 is 12.7. The molecule has 5 heteroatoms. The number of hydrogen-bond acceptors (Lipinski definition) is 4. The molecule has 0 aliphatic carbocycles. The third-order valence-electron chi connectivity index (χ3n) is 2.40. The summed E-state index contributed by atoms with van der Waals surface area (Å²) in [6.45, 7) is 0.638. The predicted octanol–water partition coefficient (Wildman–Crippen LogP) is 1.83. The highest BCUT2D eigenvalue weighted by atomic mass is 19.1. The van der Waals surface area contributed by atoms with Crippen LogP contribution in [-0.2, 0) is 6.54 Å². The number of benzene rings is 1. The molecule has 0 bridgehead atoms. The summed E-state index contributed by atoms with van der Waals surface area (Å²) in [5, 5.41) is 7.75. The van der Waals surface area contributed by atoms with Crippen LogP contribution in [0.25, 0.3) is 0 Å². The van der Waals surface area contributed by atoms with E-state index in [4.69, 9.17) is 5.73 Å². The van der Waals surface area contributed by atoms with Gasteiger partial charge in [0.25, 0.3) is 0 Å². The van der Waals surface area contributed by atoms with E-state index in [0.717, 1.165) is 11.4 Å². The van der Waals surface area contributed by atoms with E-state index in [1.807, 2.05) is 11.9 Å². The Bertz CT molecular complexity index is 481. The van der Waals surface area contributed by atoms with Crippen LogP contribution in [0.1, 0.15) is 5.56 Å². The van der Waals surface area contributed by atoms with Gasteiger partial charge >= 0.3 is 0 Å². The van der Waals surface area contributed by atoms with Crippen molar-refractivity contribution in [2.45, 2.75) is 6.54 Å². The maximum absolute atomic E-state index is 12.7. The molecule has 2 rings (SSSR count). The summed E-state index contributed by atoms with van der Waals surface area (Å²) in [4.78, 5) is 1.92. The molecule has 88 valence electrons. The van der Waals surface area contributed by atoms with Crippen molar-refractivity contribution in [3.63, 3.8) is 0 Å². The maximum atomic E-state index is 12.7. The summed E-state index contributed by atoms with van der Waals surface area (Å²) in [5.41, 5.74) is 6.47. The van der Waals surface area contributed by atoms with Crippen LogP contribution in [0.4, 0.5) is 16.0 Å². The van der Waals surface area contributed by atoms with Gasteiger partial charge in [0.2, 0.25) is 0 Å². The first kappa shape index (κ1) is 11.3. The number of halogens is 1. The number of aromatic nitrogens is 2. The van der Waals surface area contributed by atoms with E-state index < -0.39 is 0 Å². The smallest absolute Gasteiger partial charge is 0.151 e. The van der Waals surface area contributed by atoms with E-state index >= 15 is 0 Å². The minimum atomic E-state index is -0.233. The predicted molar refractivity (Wildman–Crippen MR) is 65.0 cm³/mol. The van der Waals surface area contributed by atoms with Crippen LogP contribution in [0.5, 0.6) is 0 Å². The highest BCUT2D eigenvalue weighted by molar-refractivity contribution is 5.41. The Morgan fingerprint density at radius 3 is 2.41 bits per heavy atom. The third kappa shape index (κ3) is 2.90. The molecule has 0 aliphatic heterocycles. The van der Waals surface area contributed by atoms with Crippen LogP contribution in [-0.4, -0.2) is 17.2 Å². The molecule has 2 N–H and O–H groups in total. The van der Waals surface area contributed by atoms with Gasteiger partial charge in [0, 0.05) is 13.6 Å². The van der Waals surface area contributed by atoms with Gasteiger partial charge in [-0.15, -0.1) is 10.2 Å². The largest absolute Gasteiger partial charge is 0.382 e.